The number of aromatic nitrogens is 4. The maximum Gasteiger partial charge on any atom is 0.387 e. The van der Waals surface area contributed by atoms with Crippen LogP contribution in [0.4, 0.5) is 14.7 Å². The van der Waals surface area contributed by atoms with Crippen molar-refractivity contribution >= 4 is 22.8 Å². The van der Waals surface area contributed by atoms with E-state index in [0.29, 0.717) is 36.7 Å². The first kappa shape index (κ1) is 22.3. The topological polar surface area (TPSA) is 82.4 Å². The number of anilines is 1. The number of morpholine rings is 1. The molecule has 10 heteroatoms. The molecule has 0 amide bonds. The van der Waals surface area contributed by atoms with Crippen LogP contribution in [0, 0.1) is 0 Å². The lowest BCUT2D eigenvalue weighted by Gasteiger charge is -2.26. The van der Waals surface area contributed by atoms with Crippen LogP contribution in [0.25, 0.3) is 22.2 Å². The van der Waals surface area contributed by atoms with Gasteiger partial charge < -0.3 is 18.9 Å². The van der Waals surface area contributed by atoms with Crippen LogP contribution in [0.15, 0.2) is 48.8 Å². The highest BCUT2D eigenvalue weighted by Gasteiger charge is 2.42. The predicted octanol–water partition coefficient (Wildman–Crippen LogP) is 4.59. The van der Waals surface area contributed by atoms with Crippen LogP contribution in [0.5, 0.6) is 5.75 Å². The van der Waals surface area contributed by atoms with Gasteiger partial charge in [-0.25, -0.2) is 15.0 Å². The first-order chi connectivity index (χ1) is 18.1. The molecule has 7 rings (SSSR count). The molecule has 2 atom stereocenters. The Hall–Kier alpha value is -3.92. The van der Waals surface area contributed by atoms with E-state index in [2.05, 4.69) is 19.4 Å². The smallest absolute Gasteiger partial charge is 0.387 e. The first-order valence-corrected chi connectivity index (χ1v) is 12.3. The fourth-order valence-corrected chi connectivity index (χ4v) is 5.87. The third kappa shape index (κ3) is 3.66. The van der Waals surface area contributed by atoms with Crippen molar-refractivity contribution in [3.05, 3.63) is 65.7 Å². The molecule has 37 heavy (non-hydrogen) atoms. The van der Waals surface area contributed by atoms with Crippen LogP contribution >= 0.6 is 0 Å². The summed E-state index contributed by atoms with van der Waals surface area (Å²) in [7, 11) is 0. The molecule has 2 aromatic carbocycles. The minimum atomic E-state index is -2.98. The number of hydrogen-bond donors (Lipinski definition) is 0. The zero-order valence-corrected chi connectivity index (χ0v) is 19.8. The Morgan fingerprint density at radius 2 is 1.86 bits per heavy atom. The van der Waals surface area contributed by atoms with E-state index in [1.165, 1.54) is 6.07 Å². The Kier molecular flexibility index (Phi) is 5.17. The highest BCUT2D eigenvalue weighted by molar-refractivity contribution is 6.00. The number of fused-ring (bicyclic) bond motifs is 9. The fraction of sp³-hybridized carbons (Fsp3) is 0.333. The molecular formula is C27H23F2N5O3. The minimum Gasteiger partial charge on any atom is -0.434 e. The lowest BCUT2D eigenvalue weighted by atomic mass is 9.97. The highest BCUT2D eigenvalue weighted by Crippen LogP contribution is 2.50. The number of ether oxygens (including phenoxy) is 2. The molecule has 0 radical (unpaired) electrons. The molecule has 0 saturated carbocycles. The average molecular weight is 504 g/mol. The van der Waals surface area contributed by atoms with Gasteiger partial charge in [0.15, 0.2) is 5.78 Å². The molecule has 1 fully saturated rings. The molecule has 8 nitrogen and oxygen atoms in total. The maximum atomic E-state index is 13.3. The summed E-state index contributed by atoms with van der Waals surface area (Å²) >= 11 is 0. The van der Waals surface area contributed by atoms with Crippen molar-refractivity contribution in [1.82, 2.24) is 19.5 Å². The zero-order chi connectivity index (χ0) is 25.1. The van der Waals surface area contributed by atoms with Gasteiger partial charge in [0.2, 0.25) is 5.95 Å². The number of halogens is 2. The van der Waals surface area contributed by atoms with E-state index >= 15 is 0 Å². The molecule has 4 heterocycles. The Labute approximate surface area is 210 Å². The van der Waals surface area contributed by atoms with Crippen molar-refractivity contribution in [3.63, 3.8) is 0 Å². The Bertz CT molecular complexity index is 1510. The van der Waals surface area contributed by atoms with E-state index in [0.717, 1.165) is 41.1 Å². The van der Waals surface area contributed by atoms with Gasteiger partial charge in [0.25, 0.3) is 0 Å². The Morgan fingerprint density at radius 1 is 1.05 bits per heavy atom. The monoisotopic (exact) mass is 503 g/mol. The van der Waals surface area contributed by atoms with Crippen LogP contribution in [0.2, 0.25) is 0 Å². The molecule has 0 unspecified atom stereocenters. The van der Waals surface area contributed by atoms with Crippen molar-refractivity contribution in [1.29, 1.82) is 0 Å². The van der Waals surface area contributed by atoms with Crippen molar-refractivity contribution in [2.24, 2.45) is 0 Å². The summed E-state index contributed by atoms with van der Waals surface area (Å²) in [6.07, 6.45) is 4.52. The molecule has 2 bridgehead atoms. The van der Waals surface area contributed by atoms with Crippen molar-refractivity contribution in [3.8, 4) is 16.9 Å². The van der Waals surface area contributed by atoms with Gasteiger partial charge >= 0.3 is 6.61 Å². The number of benzene rings is 2. The molecule has 3 aliphatic rings. The van der Waals surface area contributed by atoms with Crippen molar-refractivity contribution < 1.29 is 23.0 Å². The Balaban J connectivity index is 1.31. The number of carbonyl (C=O) groups is 1. The summed E-state index contributed by atoms with van der Waals surface area (Å²) in [6.45, 7) is -0.133. The van der Waals surface area contributed by atoms with Crippen LogP contribution < -0.4 is 9.64 Å². The number of carbonyl (C=O) groups excluding carboxylic acids is 1. The van der Waals surface area contributed by atoms with E-state index < -0.39 is 6.61 Å². The van der Waals surface area contributed by atoms with Crippen molar-refractivity contribution in [2.45, 2.75) is 31.4 Å². The van der Waals surface area contributed by atoms with E-state index in [1.807, 2.05) is 30.6 Å². The number of Topliss-reactive ketones (excluding diaryl/α,β-unsaturated/α-hetero) is 1. The van der Waals surface area contributed by atoms with Crippen LogP contribution in [-0.4, -0.2) is 58.2 Å². The van der Waals surface area contributed by atoms with E-state index in [9.17, 15) is 13.6 Å². The molecule has 1 saturated heterocycles. The second kappa shape index (κ2) is 8.58. The Morgan fingerprint density at radius 3 is 2.65 bits per heavy atom. The van der Waals surface area contributed by atoms with Crippen LogP contribution in [-0.2, 0) is 4.74 Å². The quantitative estimate of drug-likeness (QED) is 0.403. The number of rotatable bonds is 4. The van der Waals surface area contributed by atoms with Gasteiger partial charge in [-0.2, -0.15) is 8.78 Å². The third-order valence-electron chi connectivity index (χ3n) is 7.51. The lowest BCUT2D eigenvalue weighted by Crippen LogP contribution is -2.37. The molecule has 1 aliphatic carbocycles. The first-order valence-electron chi connectivity index (χ1n) is 12.3. The van der Waals surface area contributed by atoms with E-state index in [1.54, 1.807) is 12.1 Å². The number of nitrogens with zero attached hydrogens (tertiary/aromatic N) is 5. The standard InChI is InChI=1S/C27H23F2N5O3/c28-26(29)37-23-3-1-2-18-22(35)12-16-11-21(24(18)23)34-20-10-15(4-5-19(20)32-25(16)34)17-13-30-27(31-14-17)33-6-8-36-9-7-33/h1-5,10,13-14,16,21,26H,6-9,11-12H2/t16-,21+/m0/s1. The minimum absolute atomic E-state index is 0.0458. The van der Waals surface area contributed by atoms with Crippen LogP contribution in [0.3, 0.4) is 0 Å². The lowest BCUT2D eigenvalue weighted by molar-refractivity contribution is -0.0507. The molecule has 2 aromatic heterocycles. The zero-order valence-electron chi connectivity index (χ0n) is 19.8. The number of imidazole rings is 1. The predicted molar refractivity (Wildman–Crippen MR) is 131 cm³/mol. The van der Waals surface area contributed by atoms with Gasteiger partial charge in [0, 0.05) is 54.5 Å². The molecule has 188 valence electrons. The number of ketones is 1. The van der Waals surface area contributed by atoms with Crippen molar-refractivity contribution in [2.75, 3.05) is 31.2 Å². The highest BCUT2D eigenvalue weighted by atomic mass is 19.3. The number of alkyl halides is 2. The van der Waals surface area contributed by atoms with E-state index in [4.69, 9.17) is 14.5 Å². The summed E-state index contributed by atoms with van der Waals surface area (Å²) < 4.78 is 38.9. The van der Waals surface area contributed by atoms with Gasteiger partial charge in [0.1, 0.15) is 11.6 Å². The van der Waals surface area contributed by atoms with Gasteiger partial charge in [-0.1, -0.05) is 18.2 Å². The molecular weight excluding hydrogens is 480 g/mol. The summed E-state index contributed by atoms with van der Waals surface area (Å²) in [4.78, 5) is 29.1. The molecule has 4 aromatic rings. The van der Waals surface area contributed by atoms with Gasteiger partial charge in [-0.3, -0.25) is 4.79 Å². The average Bonchev–Trinajstić information content (AvgIpc) is 3.41. The summed E-state index contributed by atoms with van der Waals surface area (Å²) in [5.41, 5.74) is 4.42. The summed E-state index contributed by atoms with van der Waals surface area (Å²) in [5, 5.41) is 0. The van der Waals surface area contributed by atoms with Crippen LogP contribution in [0.1, 0.15) is 46.5 Å². The second-order valence-corrected chi connectivity index (χ2v) is 9.59. The van der Waals surface area contributed by atoms with Gasteiger partial charge in [-0.05, 0) is 30.2 Å². The van der Waals surface area contributed by atoms with Gasteiger partial charge in [0.05, 0.1) is 30.3 Å². The fourth-order valence-electron chi connectivity index (χ4n) is 5.87. The molecule has 2 aliphatic heterocycles. The van der Waals surface area contributed by atoms with E-state index in [-0.39, 0.29) is 29.9 Å². The largest absolute Gasteiger partial charge is 0.434 e. The normalized spacial score (nSPS) is 20.7. The molecule has 0 N–H and O–H groups in total. The molecule has 0 spiro atoms. The number of hydrogen-bond acceptors (Lipinski definition) is 7. The maximum absolute atomic E-state index is 13.3. The summed E-state index contributed by atoms with van der Waals surface area (Å²) in [5.74, 6) is 1.37. The SMILES string of the molecule is O=C1C[C@@H]2C[C@H](c3c(OC(F)F)cccc31)n1c2nc2ccc(-c3cnc(N4CCOCC4)nc3)cc21. The third-order valence-corrected chi connectivity index (χ3v) is 7.51. The van der Waals surface area contributed by atoms with Gasteiger partial charge in [-0.15, -0.1) is 0 Å². The summed E-state index contributed by atoms with van der Waals surface area (Å²) in [6, 6.07) is 10.4. The second-order valence-electron chi connectivity index (χ2n) is 9.59.